The van der Waals surface area contributed by atoms with Crippen molar-refractivity contribution in [1.29, 1.82) is 0 Å². The molecular formula is C12H8F2O. The number of rotatable bonds is 2. The Morgan fingerprint density at radius 2 is 1.60 bits per heavy atom. The molecule has 2 rings (SSSR count). The van der Waals surface area contributed by atoms with Crippen LogP contribution in [0.25, 0.3) is 0 Å². The molecule has 0 radical (unpaired) electrons. The molecule has 0 N–H and O–H groups in total. The lowest BCUT2D eigenvalue weighted by atomic mass is 10.3. The molecule has 0 aliphatic rings. The molecule has 0 amide bonds. The average molecular weight is 206 g/mol. The lowest BCUT2D eigenvalue weighted by molar-refractivity contribution is 0.436. The normalized spacial score (nSPS) is 10.0. The maximum absolute atomic E-state index is 13.2. The predicted octanol–water partition coefficient (Wildman–Crippen LogP) is 3.76. The van der Waals surface area contributed by atoms with E-state index in [1.807, 2.05) is 6.07 Å². The van der Waals surface area contributed by atoms with Gasteiger partial charge in [0.15, 0.2) is 11.6 Å². The second-order valence-electron chi connectivity index (χ2n) is 2.99. The zero-order valence-corrected chi connectivity index (χ0v) is 7.78. The van der Waals surface area contributed by atoms with Crippen LogP contribution < -0.4 is 4.74 Å². The third-order valence-corrected chi connectivity index (χ3v) is 1.86. The minimum atomic E-state index is -0.583. The van der Waals surface area contributed by atoms with Crippen LogP contribution >= 0.6 is 0 Å². The molecule has 3 heteroatoms. The molecule has 0 bridgehead atoms. The van der Waals surface area contributed by atoms with E-state index < -0.39 is 11.6 Å². The van der Waals surface area contributed by atoms with Crippen LogP contribution in [0, 0.1) is 11.6 Å². The van der Waals surface area contributed by atoms with Gasteiger partial charge in [0, 0.05) is 6.07 Å². The SMILES string of the molecule is Fc1ccc(F)c(Oc2ccccc2)c1. The van der Waals surface area contributed by atoms with Gasteiger partial charge in [-0.3, -0.25) is 0 Å². The van der Waals surface area contributed by atoms with E-state index in [-0.39, 0.29) is 5.75 Å². The summed E-state index contributed by atoms with van der Waals surface area (Å²) in [6.07, 6.45) is 0. The highest BCUT2D eigenvalue weighted by molar-refractivity contribution is 5.32. The Bertz CT molecular complexity index is 454. The summed E-state index contributed by atoms with van der Waals surface area (Å²) in [6, 6.07) is 11.8. The standard InChI is InChI=1S/C12H8F2O/c13-9-6-7-11(14)12(8-9)15-10-4-2-1-3-5-10/h1-8H. The van der Waals surface area contributed by atoms with E-state index in [4.69, 9.17) is 4.74 Å². The summed E-state index contributed by atoms with van der Waals surface area (Å²) in [5.41, 5.74) is 0. The molecule has 2 aromatic rings. The van der Waals surface area contributed by atoms with Crippen LogP contribution in [-0.4, -0.2) is 0 Å². The van der Waals surface area contributed by atoms with E-state index in [0.717, 1.165) is 18.2 Å². The van der Waals surface area contributed by atoms with Crippen LogP contribution in [0.2, 0.25) is 0 Å². The molecule has 0 aliphatic carbocycles. The highest BCUT2D eigenvalue weighted by Gasteiger charge is 2.05. The van der Waals surface area contributed by atoms with E-state index in [0.29, 0.717) is 5.75 Å². The number of benzene rings is 2. The predicted molar refractivity (Wildman–Crippen MR) is 52.9 cm³/mol. The Labute approximate surface area is 85.9 Å². The van der Waals surface area contributed by atoms with Gasteiger partial charge in [0.1, 0.15) is 11.6 Å². The second kappa shape index (κ2) is 4.09. The molecule has 1 nitrogen and oxygen atoms in total. The third kappa shape index (κ3) is 2.31. The van der Waals surface area contributed by atoms with Gasteiger partial charge in [0.25, 0.3) is 0 Å². The van der Waals surface area contributed by atoms with Crippen molar-refractivity contribution in [1.82, 2.24) is 0 Å². The van der Waals surface area contributed by atoms with E-state index in [1.54, 1.807) is 24.3 Å². The Kier molecular flexibility index (Phi) is 2.63. The van der Waals surface area contributed by atoms with Gasteiger partial charge in [-0.05, 0) is 24.3 Å². The van der Waals surface area contributed by atoms with Gasteiger partial charge in [-0.25, -0.2) is 8.78 Å². The number of halogens is 2. The summed E-state index contributed by atoms with van der Waals surface area (Å²) in [7, 11) is 0. The molecule has 15 heavy (non-hydrogen) atoms. The molecule has 0 saturated carbocycles. The minimum absolute atomic E-state index is 0.110. The fourth-order valence-corrected chi connectivity index (χ4v) is 1.17. The van der Waals surface area contributed by atoms with Crippen molar-refractivity contribution in [2.24, 2.45) is 0 Å². The van der Waals surface area contributed by atoms with Gasteiger partial charge in [0.2, 0.25) is 0 Å². The second-order valence-corrected chi connectivity index (χ2v) is 2.99. The van der Waals surface area contributed by atoms with Gasteiger partial charge < -0.3 is 4.74 Å². The van der Waals surface area contributed by atoms with Crippen LogP contribution in [-0.2, 0) is 0 Å². The topological polar surface area (TPSA) is 9.23 Å². The molecule has 0 spiro atoms. The van der Waals surface area contributed by atoms with Crippen LogP contribution in [0.3, 0.4) is 0 Å². The number of para-hydroxylation sites is 1. The van der Waals surface area contributed by atoms with Gasteiger partial charge in [0.05, 0.1) is 0 Å². The zero-order chi connectivity index (χ0) is 10.7. The fourth-order valence-electron chi connectivity index (χ4n) is 1.17. The van der Waals surface area contributed by atoms with Crippen molar-refractivity contribution in [3.8, 4) is 11.5 Å². The Balaban J connectivity index is 2.28. The molecule has 0 aliphatic heterocycles. The lowest BCUT2D eigenvalue weighted by Gasteiger charge is -2.05. The number of hydrogen-bond donors (Lipinski definition) is 0. The van der Waals surface area contributed by atoms with Crippen molar-refractivity contribution < 1.29 is 13.5 Å². The van der Waals surface area contributed by atoms with Crippen molar-refractivity contribution in [2.45, 2.75) is 0 Å². The molecule has 76 valence electrons. The first-order valence-electron chi connectivity index (χ1n) is 4.43. The van der Waals surface area contributed by atoms with E-state index in [2.05, 4.69) is 0 Å². The van der Waals surface area contributed by atoms with E-state index in [9.17, 15) is 8.78 Å². The quantitative estimate of drug-likeness (QED) is 0.726. The molecule has 0 aromatic heterocycles. The van der Waals surface area contributed by atoms with Crippen molar-refractivity contribution in [3.05, 3.63) is 60.2 Å². The molecule has 0 heterocycles. The monoisotopic (exact) mass is 206 g/mol. The molecule has 0 saturated heterocycles. The molecule has 0 fully saturated rings. The molecular weight excluding hydrogens is 198 g/mol. The maximum atomic E-state index is 13.2. The van der Waals surface area contributed by atoms with Crippen molar-refractivity contribution in [2.75, 3.05) is 0 Å². The smallest absolute Gasteiger partial charge is 0.165 e. The summed E-state index contributed by atoms with van der Waals surface area (Å²) >= 11 is 0. The summed E-state index contributed by atoms with van der Waals surface area (Å²) in [5.74, 6) is -0.745. The van der Waals surface area contributed by atoms with Crippen molar-refractivity contribution >= 4 is 0 Å². The lowest BCUT2D eigenvalue weighted by Crippen LogP contribution is -1.88. The summed E-state index contributed by atoms with van der Waals surface area (Å²) in [6.45, 7) is 0. The first kappa shape index (κ1) is 9.65. The minimum Gasteiger partial charge on any atom is -0.454 e. The highest BCUT2D eigenvalue weighted by Crippen LogP contribution is 2.24. The average Bonchev–Trinajstić information content (AvgIpc) is 2.25. The van der Waals surface area contributed by atoms with Crippen LogP contribution in [0.15, 0.2) is 48.5 Å². The maximum Gasteiger partial charge on any atom is 0.165 e. The van der Waals surface area contributed by atoms with Crippen LogP contribution in [0.4, 0.5) is 8.78 Å². The molecule has 2 aromatic carbocycles. The summed E-state index contributed by atoms with van der Waals surface area (Å²) < 4.78 is 31.1. The van der Waals surface area contributed by atoms with Crippen LogP contribution in [0.1, 0.15) is 0 Å². The Morgan fingerprint density at radius 1 is 0.867 bits per heavy atom. The fraction of sp³-hybridized carbons (Fsp3) is 0. The first-order chi connectivity index (χ1) is 7.25. The van der Waals surface area contributed by atoms with Gasteiger partial charge >= 0.3 is 0 Å². The van der Waals surface area contributed by atoms with Gasteiger partial charge in [-0.2, -0.15) is 0 Å². The molecule has 0 unspecified atom stereocenters. The van der Waals surface area contributed by atoms with E-state index >= 15 is 0 Å². The third-order valence-electron chi connectivity index (χ3n) is 1.86. The first-order valence-corrected chi connectivity index (χ1v) is 4.43. The van der Waals surface area contributed by atoms with Gasteiger partial charge in [-0.1, -0.05) is 18.2 Å². The summed E-state index contributed by atoms with van der Waals surface area (Å²) in [4.78, 5) is 0. The van der Waals surface area contributed by atoms with Crippen LogP contribution in [0.5, 0.6) is 11.5 Å². The Morgan fingerprint density at radius 3 is 2.33 bits per heavy atom. The molecule has 0 atom stereocenters. The number of ether oxygens (including phenoxy) is 1. The Hall–Kier alpha value is -1.90. The summed E-state index contributed by atoms with van der Waals surface area (Å²) in [5, 5.41) is 0. The largest absolute Gasteiger partial charge is 0.454 e. The van der Waals surface area contributed by atoms with Crippen molar-refractivity contribution in [3.63, 3.8) is 0 Å². The van der Waals surface area contributed by atoms with Gasteiger partial charge in [-0.15, -0.1) is 0 Å². The highest BCUT2D eigenvalue weighted by atomic mass is 19.1. The number of hydrogen-bond acceptors (Lipinski definition) is 1. The zero-order valence-electron chi connectivity index (χ0n) is 7.78. The van der Waals surface area contributed by atoms with E-state index in [1.165, 1.54) is 0 Å².